The van der Waals surface area contributed by atoms with Crippen molar-refractivity contribution < 1.29 is 0 Å². The fourth-order valence-electron chi connectivity index (χ4n) is 9.50. The third-order valence-electron chi connectivity index (χ3n) is 11.1. The molecule has 11 rings (SSSR count). The van der Waals surface area contributed by atoms with E-state index in [0.717, 1.165) is 0 Å². The molecule has 3 aliphatic rings. The van der Waals surface area contributed by atoms with Gasteiger partial charge in [0.25, 0.3) is 0 Å². The van der Waals surface area contributed by atoms with Crippen LogP contribution in [0.15, 0.2) is 189 Å². The third kappa shape index (κ3) is 3.16. The lowest BCUT2D eigenvalue weighted by Gasteiger charge is -2.60. The van der Waals surface area contributed by atoms with Gasteiger partial charge in [-0.3, -0.25) is 0 Å². The predicted molar refractivity (Wildman–Crippen MR) is 201 cm³/mol. The van der Waals surface area contributed by atoms with E-state index in [2.05, 4.69) is 170 Å². The molecule has 0 aromatic heterocycles. The van der Waals surface area contributed by atoms with E-state index in [1.54, 1.807) is 0 Å². The summed E-state index contributed by atoms with van der Waals surface area (Å²) in [5.74, 6) is 0. The Morgan fingerprint density at radius 3 is 1.31 bits per heavy atom. The zero-order valence-electron chi connectivity index (χ0n) is 26.0. The van der Waals surface area contributed by atoms with Crippen LogP contribution in [0.3, 0.4) is 0 Å². The quantitative estimate of drug-likeness (QED) is 0.151. The van der Waals surface area contributed by atoms with Gasteiger partial charge in [0.15, 0.2) is 0 Å². The smallest absolute Gasteiger partial charge is 0.0658 e. The maximum absolute atomic E-state index is 2.49. The number of fused-ring (bicyclic) bond motifs is 18. The van der Waals surface area contributed by atoms with Gasteiger partial charge in [-0.15, -0.1) is 0 Å². The van der Waals surface area contributed by atoms with Gasteiger partial charge in [-0.05, 0) is 90.3 Å². The van der Waals surface area contributed by atoms with Crippen LogP contribution in [0.5, 0.6) is 0 Å². The van der Waals surface area contributed by atoms with Crippen LogP contribution in [0, 0.1) is 0 Å². The van der Waals surface area contributed by atoms with Gasteiger partial charge in [0.1, 0.15) is 0 Å². The zero-order chi connectivity index (χ0) is 31.5. The molecule has 48 heavy (non-hydrogen) atoms. The third-order valence-corrected chi connectivity index (χ3v) is 13.4. The van der Waals surface area contributed by atoms with E-state index in [1.807, 2.05) is 23.5 Å². The second kappa shape index (κ2) is 9.76. The highest BCUT2D eigenvalue weighted by Gasteiger charge is 2.65. The van der Waals surface area contributed by atoms with Crippen molar-refractivity contribution in [2.75, 3.05) is 0 Å². The van der Waals surface area contributed by atoms with E-state index in [9.17, 15) is 0 Å². The Kier molecular flexibility index (Phi) is 5.49. The van der Waals surface area contributed by atoms with Crippen LogP contribution in [-0.4, -0.2) is 0 Å². The Morgan fingerprint density at radius 2 is 0.729 bits per heavy atom. The van der Waals surface area contributed by atoms with Crippen molar-refractivity contribution in [3.63, 3.8) is 0 Å². The number of benzene rings is 8. The molecule has 0 radical (unpaired) electrons. The largest absolute Gasteiger partial charge is 0.0894 e. The topological polar surface area (TPSA) is 0 Å². The fourth-order valence-corrected chi connectivity index (χ4v) is 11.9. The summed E-state index contributed by atoms with van der Waals surface area (Å²) in [6.45, 7) is 0. The Balaban J connectivity index is 1.49. The average molecular weight is 645 g/mol. The van der Waals surface area contributed by atoms with Crippen molar-refractivity contribution in [2.45, 2.75) is 30.4 Å². The molecule has 0 amide bonds. The second-order valence-electron chi connectivity index (χ2n) is 13.1. The highest BCUT2D eigenvalue weighted by atomic mass is 32.2. The molecule has 0 saturated carbocycles. The van der Waals surface area contributed by atoms with E-state index < -0.39 is 10.8 Å². The van der Waals surface area contributed by atoms with E-state index in [0.29, 0.717) is 0 Å². The summed E-state index contributed by atoms with van der Waals surface area (Å²) < 4.78 is 0. The van der Waals surface area contributed by atoms with Crippen LogP contribution >= 0.6 is 23.5 Å². The van der Waals surface area contributed by atoms with E-state index in [4.69, 9.17) is 0 Å². The highest BCUT2D eigenvalue weighted by molar-refractivity contribution is 7.99. The first-order valence-corrected chi connectivity index (χ1v) is 18.2. The SMILES string of the molecule is c1ccc2c(c1)Sc1ccccc1C21c2ccccc2-c2c(ccc3ccc4ccccc4c23)C12c1ccccc1Sc1ccccc12. The fraction of sp³-hybridized carbons (Fsp3) is 0.0435. The van der Waals surface area contributed by atoms with Gasteiger partial charge >= 0.3 is 0 Å². The molecule has 2 aliphatic heterocycles. The molecule has 224 valence electrons. The van der Waals surface area contributed by atoms with Gasteiger partial charge in [-0.25, -0.2) is 0 Å². The van der Waals surface area contributed by atoms with Crippen LogP contribution < -0.4 is 0 Å². The lowest BCUT2D eigenvalue weighted by Crippen LogP contribution is -2.57. The van der Waals surface area contributed by atoms with Gasteiger partial charge < -0.3 is 0 Å². The highest BCUT2D eigenvalue weighted by Crippen LogP contribution is 2.72. The van der Waals surface area contributed by atoms with Gasteiger partial charge in [0.2, 0.25) is 0 Å². The number of hydrogen-bond donors (Lipinski definition) is 0. The number of hydrogen-bond acceptors (Lipinski definition) is 2. The summed E-state index contributed by atoms with van der Waals surface area (Å²) in [5, 5.41) is 5.20. The predicted octanol–water partition coefficient (Wildman–Crippen LogP) is 12.3. The molecule has 2 spiro atoms. The molecule has 0 atom stereocenters. The van der Waals surface area contributed by atoms with Crippen LogP contribution in [-0.2, 0) is 10.8 Å². The summed E-state index contributed by atoms with van der Waals surface area (Å²) in [6.07, 6.45) is 0. The zero-order valence-corrected chi connectivity index (χ0v) is 27.6. The maximum atomic E-state index is 2.49. The lowest BCUT2D eigenvalue weighted by atomic mass is 9.43. The van der Waals surface area contributed by atoms with Crippen molar-refractivity contribution in [1.29, 1.82) is 0 Å². The molecule has 0 fully saturated rings. The minimum atomic E-state index is -0.576. The molecule has 8 aromatic carbocycles. The maximum Gasteiger partial charge on any atom is 0.0658 e. The molecule has 2 heteroatoms. The lowest BCUT2D eigenvalue weighted by molar-refractivity contribution is 0.388. The molecule has 8 aromatic rings. The first kappa shape index (κ1) is 27.0. The molecule has 0 nitrogen and oxygen atoms in total. The van der Waals surface area contributed by atoms with Crippen LogP contribution in [0.25, 0.3) is 32.7 Å². The molecule has 2 heterocycles. The molecular formula is C46H28S2. The second-order valence-corrected chi connectivity index (χ2v) is 15.3. The van der Waals surface area contributed by atoms with Crippen molar-refractivity contribution in [2.24, 2.45) is 0 Å². The van der Waals surface area contributed by atoms with E-state index >= 15 is 0 Å². The van der Waals surface area contributed by atoms with Gasteiger partial charge in [0, 0.05) is 19.6 Å². The van der Waals surface area contributed by atoms with E-state index in [1.165, 1.54) is 85.6 Å². The average Bonchev–Trinajstić information content (AvgIpc) is 3.15. The molecule has 0 unspecified atom stereocenters. The molecule has 1 aliphatic carbocycles. The Hall–Kier alpha value is -5.02. The van der Waals surface area contributed by atoms with Crippen LogP contribution in [0.4, 0.5) is 0 Å². The first-order chi connectivity index (χ1) is 23.8. The Labute approximate surface area is 288 Å². The monoisotopic (exact) mass is 644 g/mol. The summed E-state index contributed by atoms with van der Waals surface area (Å²) in [5.41, 5.74) is 9.80. The van der Waals surface area contributed by atoms with Crippen molar-refractivity contribution in [3.8, 4) is 11.1 Å². The standard InChI is InChI=1S/C46H28S2/c1-2-14-31-29(13-1)25-26-30-27-28-38-44(43(30)31)32-15-3-4-16-33(32)45(34-17-5-9-21-39(34)47-40-22-10-6-18-35(40)45)46(38)36-19-7-11-23-41(36)48-42-24-12-8-20-37(42)46/h1-28H. The van der Waals surface area contributed by atoms with Gasteiger partial charge in [-0.1, -0.05) is 169 Å². The normalized spacial score (nSPS) is 15.7. The van der Waals surface area contributed by atoms with Crippen molar-refractivity contribution in [3.05, 3.63) is 203 Å². The molecule has 0 bridgehead atoms. The van der Waals surface area contributed by atoms with Crippen molar-refractivity contribution in [1.82, 2.24) is 0 Å². The Bertz CT molecular complexity index is 2560. The summed E-state index contributed by atoms with van der Waals surface area (Å²) in [6, 6.07) is 64.7. The minimum Gasteiger partial charge on any atom is -0.0894 e. The minimum absolute atomic E-state index is 0.555. The van der Waals surface area contributed by atoms with Crippen LogP contribution in [0.1, 0.15) is 33.4 Å². The Morgan fingerprint density at radius 1 is 0.312 bits per heavy atom. The first-order valence-electron chi connectivity index (χ1n) is 16.6. The van der Waals surface area contributed by atoms with Gasteiger partial charge in [0.05, 0.1) is 10.8 Å². The summed E-state index contributed by atoms with van der Waals surface area (Å²) in [7, 11) is 0. The van der Waals surface area contributed by atoms with E-state index in [-0.39, 0.29) is 0 Å². The van der Waals surface area contributed by atoms with Crippen molar-refractivity contribution >= 4 is 45.1 Å². The molecular weight excluding hydrogens is 617 g/mol. The number of rotatable bonds is 0. The van der Waals surface area contributed by atoms with Crippen LogP contribution in [0.2, 0.25) is 0 Å². The van der Waals surface area contributed by atoms with Gasteiger partial charge in [-0.2, -0.15) is 0 Å². The summed E-state index contributed by atoms with van der Waals surface area (Å²) in [4.78, 5) is 5.31. The molecule has 0 saturated heterocycles. The summed E-state index contributed by atoms with van der Waals surface area (Å²) >= 11 is 3.83. The molecule has 0 N–H and O–H groups in total.